The highest BCUT2D eigenvalue weighted by atomic mass is 16.3. The summed E-state index contributed by atoms with van der Waals surface area (Å²) in [5.41, 5.74) is 3.00. The van der Waals surface area contributed by atoms with Crippen molar-refractivity contribution in [2.45, 2.75) is 32.2 Å². The summed E-state index contributed by atoms with van der Waals surface area (Å²) in [6.07, 6.45) is 1.52. The molecule has 0 aliphatic carbocycles. The number of hydrogen-bond acceptors (Lipinski definition) is 3. The first-order valence-corrected chi connectivity index (χ1v) is 8.48. The maximum Gasteiger partial charge on any atom is 0.249 e. The summed E-state index contributed by atoms with van der Waals surface area (Å²) >= 11 is 0. The second-order valence-electron chi connectivity index (χ2n) is 6.40. The monoisotopic (exact) mass is 338 g/mol. The maximum absolute atomic E-state index is 12.5. The fourth-order valence-corrected chi connectivity index (χ4v) is 2.98. The topological polar surface area (TPSA) is 69.6 Å². The average molecular weight is 338 g/mol. The van der Waals surface area contributed by atoms with Crippen molar-refractivity contribution < 1.29 is 14.7 Å². The highest BCUT2D eigenvalue weighted by Crippen LogP contribution is 2.22. The molecule has 1 fully saturated rings. The van der Waals surface area contributed by atoms with Crippen LogP contribution in [-0.4, -0.2) is 29.5 Å². The quantitative estimate of drug-likeness (QED) is 0.880. The largest absolute Gasteiger partial charge is 0.508 e. The molecule has 2 aromatic rings. The Labute approximate surface area is 147 Å². The summed E-state index contributed by atoms with van der Waals surface area (Å²) in [5, 5.41) is 12.1. The second-order valence-corrected chi connectivity index (χ2v) is 6.40. The van der Waals surface area contributed by atoms with Gasteiger partial charge in [-0.05, 0) is 49.6 Å². The Morgan fingerprint density at radius 1 is 1.16 bits per heavy atom. The Morgan fingerprint density at radius 2 is 1.84 bits per heavy atom. The molecule has 2 aromatic carbocycles. The molecule has 1 aliphatic heterocycles. The van der Waals surface area contributed by atoms with Crippen LogP contribution in [-0.2, 0) is 16.0 Å². The average Bonchev–Trinajstić information content (AvgIpc) is 2.96. The van der Waals surface area contributed by atoms with Crippen LogP contribution in [0.2, 0.25) is 0 Å². The van der Waals surface area contributed by atoms with E-state index in [-0.39, 0.29) is 17.6 Å². The van der Waals surface area contributed by atoms with Gasteiger partial charge in [-0.2, -0.15) is 0 Å². The number of hydrogen-bond donors (Lipinski definition) is 2. The van der Waals surface area contributed by atoms with E-state index in [1.807, 2.05) is 31.2 Å². The minimum absolute atomic E-state index is 0.0539. The molecule has 0 unspecified atom stereocenters. The number of nitrogens with zero attached hydrogens (tertiary/aromatic N) is 1. The van der Waals surface area contributed by atoms with Crippen molar-refractivity contribution >= 4 is 17.5 Å². The molecule has 5 heteroatoms. The SMILES string of the molecule is Cc1ccc(N2CC[C@H](NC(=O)CCc3ccc(O)cc3)C2=O)cc1. The molecule has 0 spiro atoms. The smallest absolute Gasteiger partial charge is 0.249 e. The summed E-state index contributed by atoms with van der Waals surface area (Å²) in [7, 11) is 0. The number of aromatic hydroxyl groups is 1. The number of carbonyl (C=O) groups excluding carboxylic acids is 2. The zero-order valence-corrected chi connectivity index (χ0v) is 14.2. The number of aryl methyl sites for hydroxylation is 2. The van der Waals surface area contributed by atoms with Crippen molar-refractivity contribution in [3.05, 3.63) is 59.7 Å². The van der Waals surface area contributed by atoms with E-state index in [0.717, 1.165) is 16.8 Å². The van der Waals surface area contributed by atoms with Gasteiger partial charge in [-0.25, -0.2) is 0 Å². The third kappa shape index (κ3) is 4.18. The van der Waals surface area contributed by atoms with E-state index < -0.39 is 6.04 Å². The summed E-state index contributed by atoms with van der Waals surface area (Å²) in [5.74, 6) is 0.0277. The maximum atomic E-state index is 12.5. The number of benzene rings is 2. The minimum Gasteiger partial charge on any atom is -0.508 e. The first-order chi connectivity index (χ1) is 12.0. The van der Waals surface area contributed by atoms with E-state index in [1.54, 1.807) is 29.2 Å². The molecule has 0 bridgehead atoms. The van der Waals surface area contributed by atoms with Gasteiger partial charge in [-0.1, -0.05) is 29.8 Å². The lowest BCUT2D eigenvalue weighted by Gasteiger charge is -2.17. The van der Waals surface area contributed by atoms with Gasteiger partial charge in [0.2, 0.25) is 11.8 Å². The zero-order chi connectivity index (χ0) is 17.8. The van der Waals surface area contributed by atoms with Crippen molar-refractivity contribution in [2.24, 2.45) is 0 Å². The third-order valence-electron chi connectivity index (χ3n) is 4.46. The van der Waals surface area contributed by atoms with Gasteiger partial charge >= 0.3 is 0 Å². The van der Waals surface area contributed by atoms with Gasteiger partial charge in [0.25, 0.3) is 0 Å². The Kier molecular flexibility index (Phi) is 5.03. The van der Waals surface area contributed by atoms with Gasteiger partial charge in [-0.15, -0.1) is 0 Å². The van der Waals surface area contributed by atoms with Crippen molar-refractivity contribution in [1.29, 1.82) is 0 Å². The number of amides is 2. The molecule has 3 rings (SSSR count). The molecule has 1 aliphatic rings. The molecule has 0 saturated carbocycles. The van der Waals surface area contributed by atoms with E-state index in [4.69, 9.17) is 0 Å². The number of phenolic OH excluding ortho intramolecular Hbond substituents is 1. The molecular weight excluding hydrogens is 316 g/mol. The third-order valence-corrected chi connectivity index (χ3v) is 4.46. The van der Waals surface area contributed by atoms with E-state index in [9.17, 15) is 14.7 Å². The second kappa shape index (κ2) is 7.38. The molecule has 25 heavy (non-hydrogen) atoms. The summed E-state index contributed by atoms with van der Waals surface area (Å²) in [6.45, 7) is 2.62. The van der Waals surface area contributed by atoms with Gasteiger partial charge in [0.05, 0.1) is 0 Å². The number of nitrogens with one attached hydrogen (secondary N) is 1. The summed E-state index contributed by atoms with van der Waals surface area (Å²) < 4.78 is 0. The molecule has 1 heterocycles. The van der Waals surface area contributed by atoms with Crippen LogP contribution in [0.4, 0.5) is 5.69 Å². The van der Waals surface area contributed by atoms with Crippen molar-refractivity contribution in [1.82, 2.24) is 5.32 Å². The first-order valence-electron chi connectivity index (χ1n) is 8.48. The Morgan fingerprint density at radius 3 is 2.52 bits per heavy atom. The summed E-state index contributed by atoms with van der Waals surface area (Å²) in [4.78, 5) is 26.4. The highest BCUT2D eigenvalue weighted by Gasteiger charge is 2.33. The van der Waals surface area contributed by atoms with E-state index in [0.29, 0.717) is 25.8 Å². The van der Waals surface area contributed by atoms with Crippen LogP contribution in [0.15, 0.2) is 48.5 Å². The van der Waals surface area contributed by atoms with Gasteiger partial charge < -0.3 is 15.3 Å². The normalized spacial score (nSPS) is 16.9. The number of phenols is 1. The van der Waals surface area contributed by atoms with Gasteiger partial charge in [0, 0.05) is 18.7 Å². The molecule has 2 N–H and O–H groups in total. The van der Waals surface area contributed by atoms with E-state index in [1.165, 1.54) is 0 Å². The molecule has 2 amide bonds. The molecule has 5 nitrogen and oxygen atoms in total. The molecule has 0 aromatic heterocycles. The van der Waals surface area contributed by atoms with Crippen LogP contribution < -0.4 is 10.2 Å². The first kappa shape index (κ1) is 17.0. The number of carbonyl (C=O) groups is 2. The molecule has 130 valence electrons. The molecule has 1 saturated heterocycles. The van der Waals surface area contributed by atoms with Crippen LogP contribution in [0, 0.1) is 6.92 Å². The standard InChI is InChI=1S/C20H22N2O3/c1-14-2-7-16(8-3-14)22-13-12-18(20(22)25)21-19(24)11-6-15-4-9-17(23)10-5-15/h2-5,7-10,18,23H,6,11-13H2,1H3,(H,21,24)/t18-/m0/s1. The predicted molar refractivity (Wildman–Crippen MR) is 96.5 cm³/mol. The van der Waals surface area contributed by atoms with E-state index >= 15 is 0 Å². The Hall–Kier alpha value is -2.82. The van der Waals surface area contributed by atoms with Crippen LogP contribution in [0.25, 0.3) is 0 Å². The fourth-order valence-electron chi connectivity index (χ4n) is 2.98. The lowest BCUT2D eigenvalue weighted by molar-refractivity contribution is -0.126. The van der Waals surface area contributed by atoms with Crippen LogP contribution in [0.1, 0.15) is 24.0 Å². The van der Waals surface area contributed by atoms with E-state index in [2.05, 4.69) is 5.32 Å². The molecule has 0 radical (unpaired) electrons. The Bertz CT molecular complexity index is 754. The number of anilines is 1. The number of rotatable bonds is 5. The highest BCUT2D eigenvalue weighted by molar-refractivity contribution is 6.01. The van der Waals surface area contributed by atoms with Crippen LogP contribution in [0.5, 0.6) is 5.75 Å². The summed E-state index contributed by atoms with van der Waals surface area (Å²) in [6, 6.07) is 14.2. The minimum atomic E-state index is -0.450. The van der Waals surface area contributed by atoms with Gasteiger partial charge in [0.15, 0.2) is 0 Å². The van der Waals surface area contributed by atoms with Crippen molar-refractivity contribution in [3.63, 3.8) is 0 Å². The fraction of sp³-hybridized carbons (Fsp3) is 0.300. The zero-order valence-electron chi connectivity index (χ0n) is 14.2. The van der Waals surface area contributed by atoms with Crippen LogP contribution >= 0.6 is 0 Å². The van der Waals surface area contributed by atoms with Crippen LogP contribution in [0.3, 0.4) is 0 Å². The van der Waals surface area contributed by atoms with Gasteiger partial charge in [0.1, 0.15) is 11.8 Å². The Balaban J connectivity index is 1.52. The van der Waals surface area contributed by atoms with Gasteiger partial charge in [-0.3, -0.25) is 9.59 Å². The molecule has 1 atom stereocenters. The van der Waals surface area contributed by atoms with Crippen molar-refractivity contribution in [2.75, 3.05) is 11.4 Å². The molecular formula is C20H22N2O3. The van der Waals surface area contributed by atoms with Crippen molar-refractivity contribution in [3.8, 4) is 5.75 Å². The lowest BCUT2D eigenvalue weighted by Crippen LogP contribution is -2.41. The predicted octanol–water partition coefficient (Wildman–Crippen LogP) is 2.55. The lowest BCUT2D eigenvalue weighted by atomic mass is 10.1.